The van der Waals surface area contributed by atoms with E-state index in [1.807, 2.05) is 29.2 Å². The van der Waals surface area contributed by atoms with E-state index in [4.69, 9.17) is 11.6 Å². The van der Waals surface area contributed by atoms with Gasteiger partial charge in [0, 0.05) is 37.7 Å². The minimum Gasteiger partial charge on any atom is -0.340 e. The van der Waals surface area contributed by atoms with E-state index in [9.17, 15) is 4.79 Å². The molecule has 3 rings (SSSR count). The maximum Gasteiger partial charge on any atom is 0.227 e. The zero-order chi connectivity index (χ0) is 16.1. The molecule has 2 saturated heterocycles. The zero-order valence-corrected chi connectivity index (χ0v) is 14.4. The molecule has 23 heavy (non-hydrogen) atoms. The Hall–Kier alpha value is -1.10. The number of rotatable bonds is 4. The molecular formula is C18H26ClN3O. The van der Waals surface area contributed by atoms with Gasteiger partial charge in [-0.15, -0.1) is 0 Å². The van der Waals surface area contributed by atoms with Crippen molar-refractivity contribution in [3.63, 3.8) is 0 Å². The van der Waals surface area contributed by atoms with Crippen LogP contribution in [-0.4, -0.2) is 61.5 Å². The first-order valence-corrected chi connectivity index (χ1v) is 9.04. The summed E-state index contributed by atoms with van der Waals surface area (Å²) in [6.45, 7) is 7.18. The highest BCUT2D eigenvalue weighted by Crippen LogP contribution is 2.18. The highest BCUT2D eigenvalue weighted by molar-refractivity contribution is 6.31. The third-order valence-corrected chi connectivity index (χ3v) is 5.37. The van der Waals surface area contributed by atoms with Crippen LogP contribution >= 0.6 is 11.6 Å². The van der Waals surface area contributed by atoms with Gasteiger partial charge in [-0.3, -0.25) is 9.69 Å². The first-order valence-electron chi connectivity index (χ1n) is 8.66. The third-order valence-electron chi connectivity index (χ3n) is 5.00. The number of nitrogens with one attached hydrogen (secondary N) is 1. The molecule has 0 bridgehead atoms. The van der Waals surface area contributed by atoms with E-state index >= 15 is 0 Å². The highest BCUT2D eigenvalue weighted by atomic mass is 35.5. The third kappa shape index (κ3) is 4.69. The number of benzene rings is 1. The molecular weight excluding hydrogens is 310 g/mol. The fourth-order valence-corrected chi connectivity index (χ4v) is 3.73. The van der Waals surface area contributed by atoms with Gasteiger partial charge in [0.15, 0.2) is 0 Å². The number of carbonyl (C=O) groups is 1. The molecule has 2 aliphatic rings. The standard InChI is InChI=1S/C18H26ClN3O/c19-17-4-2-1-3-16(17)13-18(23)22-11-9-21(10-12-22)14-15-5-7-20-8-6-15/h1-4,15,20H,5-14H2. The Morgan fingerprint density at radius 3 is 2.52 bits per heavy atom. The quantitative estimate of drug-likeness (QED) is 0.914. The number of piperidine rings is 1. The van der Waals surface area contributed by atoms with Crippen LogP contribution in [0, 0.1) is 5.92 Å². The number of halogens is 1. The minimum absolute atomic E-state index is 0.194. The summed E-state index contributed by atoms with van der Waals surface area (Å²) in [5.41, 5.74) is 0.927. The van der Waals surface area contributed by atoms with Gasteiger partial charge in [0.1, 0.15) is 0 Å². The molecule has 0 unspecified atom stereocenters. The average molecular weight is 336 g/mol. The van der Waals surface area contributed by atoms with Gasteiger partial charge in [0.05, 0.1) is 6.42 Å². The summed E-state index contributed by atoms with van der Waals surface area (Å²) >= 11 is 6.15. The Morgan fingerprint density at radius 2 is 1.83 bits per heavy atom. The number of hydrogen-bond donors (Lipinski definition) is 1. The van der Waals surface area contributed by atoms with Crippen LogP contribution < -0.4 is 5.32 Å². The van der Waals surface area contributed by atoms with Gasteiger partial charge >= 0.3 is 0 Å². The Morgan fingerprint density at radius 1 is 1.13 bits per heavy atom. The summed E-state index contributed by atoms with van der Waals surface area (Å²) in [5.74, 6) is 1.02. The van der Waals surface area contributed by atoms with E-state index in [1.165, 1.54) is 19.4 Å². The largest absolute Gasteiger partial charge is 0.340 e. The summed E-state index contributed by atoms with van der Waals surface area (Å²) in [4.78, 5) is 17.0. The number of nitrogens with zero attached hydrogens (tertiary/aromatic N) is 2. The number of piperazine rings is 1. The lowest BCUT2D eigenvalue weighted by Gasteiger charge is -2.37. The minimum atomic E-state index is 0.194. The van der Waals surface area contributed by atoms with Crippen molar-refractivity contribution in [3.8, 4) is 0 Å². The lowest BCUT2D eigenvalue weighted by Crippen LogP contribution is -2.50. The molecule has 5 heteroatoms. The number of amides is 1. The molecule has 1 aromatic rings. The van der Waals surface area contributed by atoms with Crippen molar-refractivity contribution in [1.82, 2.24) is 15.1 Å². The van der Waals surface area contributed by atoms with Crippen LogP contribution in [0.1, 0.15) is 18.4 Å². The molecule has 1 N–H and O–H groups in total. The van der Waals surface area contributed by atoms with Crippen molar-refractivity contribution in [3.05, 3.63) is 34.9 Å². The Balaban J connectivity index is 1.45. The van der Waals surface area contributed by atoms with Gasteiger partial charge < -0.3 is 10.2 Å². The topological polar surface area (TPSA) is 35.6 Å². The molecule has 0 spiro atoms. The highest BCUT2D eigenvalue weighted by Gasteiger charge is 2.24. The molecule has 4 nitrogen and oxygen atoms in total. The van der Waals surface area contributed by atoms with Gasteiger partial charge in [-0.25, -0.2) is 0 Å². The molecule has 1 aromatic carbocycles. The van der Waals surface area contributed by atoms with Gasteiger partial charge in [-0.05, 0) is 43.5 Å². The van der Waals surface area contributed by atoms with Crippen molar-refractivity contribution < 1.29 is 4.79 Å². The van der Waals surface area contributed by atoms with Crippen LogP contribution in [-0.2, 0) is 11.2 Å². The first-order chi connectivity index (χ1) is 11.2. The Bertz CT molecular complexity index is 523. The van der Waals surface area contributed by atoms with E-state index in [2.05, 4.69) is 10.2 Å². The molecule has 0 saturated carbocycles. The summed E-state index contributed by atoms with van der Waals surface area (Å²) in [5, 5.41) is 4.11. The SMILES string of the molecule is O=C(Cc1ccccc1Cl)N1CCN(CC2CCNCC2)CC1. The van der Waals surface area contributed by atoms with Crippen molar-refractivity contribution in [2.75, 3.05) is 45.8 Å². The molecule has 2 fully saturated rings. The molecule has 2 aliphatic heterocycles. The van der Waals surface area contributed by atoms with Crippen LogP contribution in [0.3, 0.4) is 0 Å². The Labute approximate surface area is 143 Å². The van der Waals surface area contributed by atoms with Gasteiger partial charge in [0.25, 0.3) is 0 Å². The fraction of sp³-hybridized carbons (Fsp3) is 0.611. The van der Waals surface area contributed by atoms with Crippen LogP contribution in [0.4, 0.5) is 0 Å². The van der Waals surface area contributed by atoms with E-state index in [0.29, 0.717) is 11.4 Å². The smallest absolute Gasteiger partial charge is 0.227 e. The maximum atomic E-state index is 12.5. The fourth-order valence-electron chi connectivity index (χ4n) is 3.53. The molecule has 0 aliphatic carbocycles. The van der Waals surface area contributed by atoms with E-state index in [0.717, 1.165) is 50.7 Å². The summed E-state index contributed by atoms with van der Waals surface area (Å²) in [6.07, 6.45) is 2.98. The van der Waals surface area contributed by atoms with Crippen molar-refractivity contribution in [2.24, 2.45) is 5.92 Å². The monoisotopic (exact) mass is 335 g/mol. The van der Waals surface area contributed by atoms with Gasteiger partial charge in [-0.2, -0.15) is 0 Å². The molecule has 2 heterocycles. The molecule has 0 radical (unpaired) electrons. The average Bonchev–Trinajstić information content (AvgIpc) is 2.58. The van der Waals surface area contributed by atoms with Crippen molar-refractivity contribution in [1.29, 1.82) is 0 Å². The van der Waals surface area contributed by atoms with E-state index in [-0.39, 0.29) is 5.91 Å². The normalized spacial score (nSPS) is 20.7. The van der Waals surface area contributed by atoms with E-state index < -0.39 is 0 Å². The number of carbonyl (C=O) groups excluding carboxylic acids is 1. The van der Waals surface area contributed by atoms with Crippen LogP contribution in [0.25, 0.3) is 0 Å². The lowest BCUT2D eigenvalue weighted by molar-refractivity contribution is -0.132. The molecule has 1 amide bonds. The van der Waals surface area contributed by atoms with Gasteiger partial charge in [-0.1, -0.05) is 29.8 Å². The Kier molecular flexibility index (Phi) is 5.92. The van der Waals surface area contributed by atoms with Crippen molar-refractivity contribution >= 4 is 17.5 Å². The second-order valence-electron chi connectivity index (χ2n) is 6.64. The number of hydrogen-bond acceptors (Lipinski definition) is 3. The zero-order valence-electron chi connectivity index (χ0n) is 13.6. The predicted octanol–water partition coefficient (Wildman–Crippen LogP) is 2.03. The maximum absolute atomic E-state index is 12.5. The summed E-state index contributed by atoms with van der Waals surface area (Å²) < 4.78 is 0. The second kappa shape index (κ2) is 8.13. The molecule has 0 atom stereocenters. The predicted molar refractivity (Wildman–Crippen MR) is 93.8 cm³/mol. The summed E-state index contributed by atoms with van der Waals surface area (Å²) in [7, 11) is 0. The molecule has 0 aromatic heterocycles. The lowest BCUT2D eigenvalue weighted by atomic mass is 9.97. The van der Waals surface area contributed by atoms with Gasteiger partial charge in [0.2, 0.25) is 5.91 Å². The van der Waals surface area contributed by atoms with E-state index in [1.54, 1.807) is 0 Å². The first kappa shape index (κ1) is 16.7. The molecule has 126 valence electrons. The van der Waals surface area contributed by atoms with Crippen LogP contribution in [0.5, 0.6) is 0 Å². The van der Waals surface area contributed by atoms with Crippen LogP contribution in [0.15, 0.2) is 24.3 Å². The summed E-state index contributed by atoms with van der Waals surface area (Å²) in [6, 6.07) is 7.62. The second-order valence-corrected chi connectivity index (χ2v) is 7.05. The van der Waals surface area contributed by atoms with Crippen LogP contribution in [0.2, 0.25) is 5.02 Å². The van der Waals surface area contributed by atoms with Crippen molar-refractivity contribution in [2.45, 2.75) is 19.3 Å².